The number of nitrogens with zero attached hydrogens (tertiary/aromatic N) is 1. The highest BCUT2D eigenvalue weighted by Gasteiger charge is 2.07. The molecule has 5 heteroatoms. The van der Waals surface area contributed by atoms with Crippen LogP contribution in [0.15, 0.2) is 18.3 Å². The van der Waals surface area contributed by atoms with E-state index in [0.717, 1.165) is 0 Å². The second-order valence-electron chi connectivity index (χ2n) is 4.22. The average Bonchev–Trinajstić information content (AvgIpc) is 2.26. The molecule has 1 aromatic heterocycles. The van der Waals surface area contributed by atoms with Crippen LogP contribution in [0.25, 0.3) is 0 Å². The number of aromatic nitrogens is 1. The van der Waals surface area contributed by atoms with Crippen molar-refractivity contribution >= 4 is 11.9 Å². The van der Waals surface area contributed by atoms with Crippen LogP contribution in [-0.2, 0) is 11.3 Å². The average molecular weight is 236 g/mol. The van der Waals surface area contributed by atoms with E-state index in [9.17, 15) is 9.59 Å². The maximum atomic E-state index is 11.4. The van der Waals surface area contributed by atoms with Gasteiger partial charge in [0.05, 0.1) is 17.8 Å². The zero-order valence-electron chi connectivity index (χ0n) is 9.93. The number of carbonyl (C=O) groups is 2. The summed E-state index contributed by atoms with van der Waals surface area (Å²) in [7, 11) is 0. The summed E-state index contributed by atoms with van der Waals surface area (Å²) in [5.74, 6) is -0.752. The first-order valence-corrected chi connectivity index (χ1v) is 5.44. The Morgan fingerprint density at radius 3 is 2.76 bits per heavy atom. The molecule has 1 aromatic rings. The van der Waals surface area contributed by atoms with E-state index >= 15 is 0 Å². The van der Waals surface area contributed by atoms with E-state index in [1.54, 1.807) is 0 Å². The summed E-state index contributed by atoms with van der Waals surface area (Å²) in [6, 6.07) is 2.87. The van der Waals surface area contributed by atoms with Crippen molar-refractivity contribution in [1.29, 1.82) is 0 Å². The molecule has 0 unspecified atom stereocenters. The number of nitrogens with one attached hydrogen (secondary N) is 1. The molecule has 0 aromatic carbocycles. The molecular weight excluding hydrogens is 220 g/mol. The number of carboxylic acid groups (broad SMARTS) is 1. The van der Waals surface area contributed by atoms with Crippen LogP contribution in [0.4, 0.5) is 0 Å². The molecule has 0 aliphatic carbocycles. The fourth-order valence-electron chi connectivity index (χ4n) is 1.34. The Labute approximate surface area is 99.9 Å². The Morgan fingerprint density at radius 2 is 2.18 bits per heavy atom. The molecule has 0 spiro atoms. The number of amides is 1. The predicted octanol–water partition coefficient (Wildman–Crippen LogP) is 1.44. The third kappa shape index (κ3) is 4.63. The second-order valence-corrected chi connectivity index (χ2v) is 4.22. The van der Waals surface area contributed by atoms with Crippen molar-refractivity contribution < 1.29 is 14.7 Å². The fraction of sp³-hybridized carbons (Fsp3) is 0.417. The fourth-order valence-corrected chi connectivity index (χ4v) is 1.34. The van der Waals surface area contributed by atoms with Crippen LogP contribution in [0.3, 0.4) is 0 Å². The summed E-state index contributed by atoms with van der Waals surface area (Å²) in [4.78, 5) is 26.1. The van der Waals surface area contributed by atoms with E-state index in [1.165, 1.54) is 18.3 Å². The molecular formula is C12H16N2O3. The molecule has 92 valence electrons. The standard InChI is InChI=1S/C12H16N2O3/c1-8(2)5-11(15)14-7-10-6-9(12(16)17)3-4-13-10/h3-4,6,8H,5,7H2,1-2H3,(H,14,15)(H,16,17). The molecule has 5 nitrogen and oxygen atoms in total. The molecule has 0 bridgehead atoms. The van der Waals surface area contributed by atoms with Crippen molar-refractivity contribution in [2.24, 2.45) is 5.92 Å². The molecule has 0 saturated carbocycles. The van der Waals surface area contributed by atoms with Gasteiger partial charge in [-0.15, -0.1) is 0 Å². The van der Waals surface area contributed by atoms with E-state index in [1.807, 2.05) is 13.8 Å². The summed E-state index contributed by atoms with van der Waals surface area (Å²) >= 11 is 0. The van der Waals surface area contributed by atoms with E-state index < -0.39 is 5.97 Å². The van der Waals surface area contributed by atoms with Crippen LogP contribution in [0.1, 0.15) is 36.3 Å². The smallest absolute Gasteiger partial charge is 0.335 e. The topological polar surface area (TPSA) is 79.3 Å². The number of hydrogen-bond donors (Lipinski definition) is 2. The van der Waals surface area contributed by atoms with Gasteiger partial charge in [-0.25, -0.2) is 4.79 Å². The molecule has 1 heterocycles. The van der Waals surface area contributed by atoms with E-state index in [0.29, 0.717) is 18.0 Å². The molecule has 1 rings (SSSR count). The maximum Gasteiger partial charge on any atom is 0.335 e. The first kappa shape index (κ1) is 13.2. The van der Waals surface area contributed by atoms with Crippen molar-refractivity contribution in [2.45, 2.75) is 26.8 Å². The van der Waals surface area contributed by atoms with Crippen molar-refractivity contribution in [3.8, 4) is 0 Å². The number of aromatic carboxylic acids is 1. The Balaban J connectivity index is 2.54. The summed E-state index contributed by atoms with van der Waals surface area (Å²) in [5, 5.41) is 11.5. The van der Waals surface area contributed by atoms with Crippen LogP contribution in [0, 0.1) is 5.92 Å². The molecule has 0 aliphatic heterocycles. The van der Waals surface area contributed by atoms with Gasteiger partial charge in [0.2, 0.25) is 5.91 Å². The summed E-state index contributed by atoms with van der Waals surface area (Å²) in [5.41, 5.74) is 0.718. The lowest BCUT2D eigenvalue weighted by Gasteiger charge is -2.07. The van der Waals surface area contributed by atoms with Gasteiger partial charge in [0.15, 0.2) is 0 Å². The van der Waals surface area contributed by atoms with Crippen molar-refractivity contribution in [2.75, 3.05) is 0 Å². The summed E-state index contributed by atoms with van der Waals surface area (Å²) in [6.45, 7) is 4.18. The lowest BCUT2D eigenvalue weighted by molar-refractivity contribution is -0.121. The lowest BCUT2D eigenvalue weighted by Crippen LogP contribution is -2.24. The zero-order chi connectivity index (χ0) is 12.8. The van der Waals surface area contributed by atoms with Gasteiger partial charge in [-0.05, 0) is 18.1 Å². The molecule has 1 amide bonds. The highest BCUT2D eigenvalue weighted by atomic mass is 16.4. The van der Waals surface area contributed by atoms with Gasteiger partial charge in [-0.1, -0.05) is 13.8 Å². The monoisotopic (exact) mass is 236 g/mol. The van der Waals surface area contributed by atoms with Crippen LogP contribution in [0.5, 0.6) is 0 Å². The zero-order valence-corrected chi connectivity index (χ0v) is 9.93. The highest BCUT2D eigenvalue weighted by Crippen LogP contribution is 2.03. The van der Waals surface area contributed by atoms with Crippen molar-refractivity contribution in [3.05, 3.63) is 29.6 Å². The van der Waals surface area contributed by atoms with Crippen LogP contribution in [0.2, 0.25) is 0 Å². The van der Waals surface area contributed by atoms with Gasteiger partial charge in [0.25, 0.3) is 0 Å². The largest absolute Gasteiger partial charge is 0.478 e. The lowest BCUT2D eigenvalue weighted by atomic mass is 10.1. The number of carbonyl (C=O) groups excluding carboxylic acids is 1. The van der Waals surface area contributed by atoms with Gasteiger partial charge in [0, 0.05) is 12.6 Å². The number of hydrogen-bond acceptors (Lipinski definition) is 3. The van der Waals surface area contributed by atoms with E-state index in [4.69, 9.17) is 5.11 Å². The normalized spacial score (nSPS) is 10.3. The number of rotatable bonds is 5. The quantitative estimate of drug-likeness (QED) is 0.810. The van der Waals surface area contributed by atoms with Crippen molar-refractivity contribution in [1.82, 2.24) is 10.3 Å². The highest BCUT2D eigenvalue weighted by molar-refractivity contribution is 5.87. The van der Waals surface area contributed by atoms with Crippen LogP contribution in [-0.4, -0.2) is 22.0 Å². The van der Waals surface area contributed by atoms with Gasteiger partial charge < -0.3 is 10.4 Å². The minimum absolute atomic E-state index is 0.0532. The van der Waals surface area contributed by atoms with Gasteiger partial charge in [-0.3, -0.25) is 9.78 Å². The second kappa shape index (κ2) is 5.98. The predicted molar refractivity (Wildman–Crippen MR) is 62.5 cm³/mol. The molecule has 0 radical (unpaired) electrons. The Morgan fingerprint density at radius 1 is 1.47 bits per heavy atom. The Kier molecular flexibility index (Phi) is 4.63. The molecule has 0 atom stereocenters. The van der Waals surface area contributed by atoms with Gasteiger partial charge in [-0.2, -0.15) is 0 Å². The molecule has 0 saturated heterocycles. The SMILES string of the molecule is CC(C)CC(=O)NCc1cc(C(=O)O)ccn1. The van der Waals surface area contributed by atoms with Gasteiger partial charge >= 0.3 is 5.97 Å². The van der Waals surface area contributed by atoms with Crippen LogP contribution < -0.4 is 5.32 Å². The first-order valence-electron chi connectivity index (χ1n) is 5.44. The third-order valence-corrected chi connectivity index (χ3v) is 2.12. The minimum Gasteiger partial charge on any atom is -0.478 e. The minimum atomic E-state index is -0.998. The van der Waals surface area contributed by atoms with Gasteiger partial charge in [0.1, 0.15) is 0 Å². The molecule has 0 fully saturated rings. The Bertz CT molecular complexity index is 416. The first-order chi connectivity index (χ1) is 7.99. The summed E-state index contributed by atoms with van der Waals surface area (Å²) in [6.07, 6.45) is 1.88. The molecule has 0 aliphatic rings. The van der Waals surface area contributed by atoms with E-state index in [2.05, 4.69) is 10.3 Å². The third-order valence-electron chi connectivity index (χ3n) is 2.12. The van der Waals surface area contributed by atoms with Crippen LogP contribution >= 0.6 is 0 Å². The maximum absolute atomic E-state index is 11.4. The number of carboxylic acids is 1. The summed E-state index contributed by atoms with van der Waals surface area (Å²) < 4.78 is 0. The molecule has 2 N–H and O–H groups in total. The van der Waals surface area contributed by atoms with E-state index in [-0.39, 0.29) is 18.0 Å². The Hall–Kier alpha value is -1.91. The molecule has 17 heavy (non-hydrogen) atoms. The van der Waals surface area contributed by atoms with Crippen molar-refractivity contribution in [3.63, 3.8) is 0 Å². The number of pyridine rings is 1.